The number of halogens is 1. The van der Waals surface area contributed by atoms with Gasteiger partial charge in [-0.25, -0.2) is 14.8 Å². The van der Waals surface area contributed by atoms with Gasteiger partial charge in [-0.1, -0.05) is 18.2 Å². The van der Waals surface area contributed by atoms with E-state index < -0.39 is 0 Å². The highest BCUT2D eigenvalue weighted by Crippen LogP contribution is 2.33. The van der Waals surface area contributed by atoms with E-state index in [0.717, 1.165) is 22.0 Å². The number of ether oxygens (including phenoxy) is 1. The van der Waals surface area contributed by atoms with Crippen LogP contribution < -0.4 is 10.2 Å². The van der Waals surface area contributed by atoms with Gasteiger partial charge in [-0.15, -0.1) is 11.3 Å². The molecular formula is C23H17FN4O2S. The van der Waals surface area contributed by atoms with Gasteiger partial charge >= 0.3 is 0 Å². The molecule has 2 aromatic heterocycles. The van der Waals surface area contributed by atoms with E-state index in [9.17, 15) is 9.18 Å². The number of nitrogens with zero attached hydrogens (tertiary/aromatic N) is 3. The maximum Gasteiger partial charge on any atom is 0.273 e. The van der Waals surface area contributed by atoms with Crippen LogP contribution in [0, 0.1) is 5.82 Å². The number of carbonyl (C=O) groups is 1. The molecule has 8 heteroatoms. The first-order valence-corrected chi connectivity index (χ1v) is 10.4. The second-order valence-corrected chi connectivity index (χ2v) is 7.95. The van der Waals surface area contributed by atoms with Gasteiger partial charge in [0.2, 0.25) is 0 Å². The lowest BCUT2D eigenvalue weighted by Gasteiger charge is -2.09. The Morgan fingerprint density at radius 2 is 2.06 bits per heavy atom. The molecule has 6 nitrogen and oxygen atoms in total. The highest BCUT2D eigenvalue weighted by Gasteiger charge is 2.26. The topological polar surface area (TPSA) is 68.5 Å². The zero-order chi connectivity index (χ0) is 21.4. The monoisotopic (exact) mass is 432 g/mol. The molecule has 31 heavy (non-hydrogen) atoms. The Kier molecular flexibility index (Phi) is 4.83. The summed E-state index contributed by atoms with van der Waals surface area (Å²) >= 11 is 1.42. The van der Waals surface area contributed by atoms with Gasteiger partial charge in [0.05, 0.1) is 11.1 Å². The first-order valence-electron chi connectivity index (χ1n) is 9.55. The van der Waals surface area contributed by atoms with E-state index in [1.165, 1.54) is 23.5 Å². The van der Waals surface area contributed by atoms with Crippen molar-refractivity contribution >= 4 is 39.9 Å². The fourth-order valence-electron chi connectivity index (χ4n) is 3.55. The van der Waals surface area contributed by atoms with E-state index in [2.05, 4.69) is 15.5 Å². The predicted molar refractivity (Wildman–Crippen MR) is 118 cm³/mol. The van der Waals surface area contributed by atoms with Crippen molar-refractivity contribution in [2.45, 2.75) is 6.61 Å². The number of carbonyl (C=O) groups excluding carboxylic acids is 1. The summed E-state index contributed by atoms with van der Waals surface area (Å²) < 4.78 is 21.2. The van der Waals surface area contributed by atoms with Crippen molar-refractivity contribution < 1.29 is 13.9 Å². The zero-order valence-electron chi connectivity index (χ0n) is 16.5. The van der Waals surface area contributed by atoms with Crippen LogP contribution in [0.3, 0.4) is 0 Å². The Hall–Kier alpha value is -3.78. The van der Waals surface area contributed by atoms with Gasteiger partial charge in [-0.3, -0.25) is 4.79 Å². The van der Waals surface area contributed by atoms with Crippen molar-refractivity contribution in [2.75, 3.05) is 0 Å². The summed E-state index contributed by atoms with van der Waals surface area (Å²) in [5, 5.41) is 7.57. The normalized spacial score (nSPS) is 14.8. The molecule has 0 bridgehead atoms. The summed E-state index contributed by atoms with van der Waals surface area (Å²) in [7, 11) is 1.94. The minimum atomic E-state index is -0.282. The molecule has 4 aromatic rings. The van der Waals surface area contributed by atoms with Crippen molar-refractivity contribution in [3.8, 4) is 5.75 Å². The lowest BCUT2D eigenvalue weighted by atomic mass is 10.1. The first-order chi connectivity index (χ1) is 15.1. The number of hydrazone groups is 1. The van der Waals surface area contributed by atoms with E-state index in [-0.39, 0.29) is 11.7 Å². The molecule has 1 N–H and O–H groups in total. The molecule has 2 aromatic carbocycles. The Labute approximate surface area is 181 Å². The Bertz CT molecular complexity index is 1340. The van der Waals surface area contributed by atoms with Gasteiger partial charge < -0.3 is 9.30 Å². The second kappa shape index (κ2) is 7.81. The lowest BCUT2D eigenvalue weighted by molar-refractivity contribution is -0.116. The number of aromatic nitrogens is 2. The summed E-state index contributed by atoms with van der Waals surface area (Å²) in [4.78, 5) is 16.7. The number of aryl methyl sites for hydroxylation is 1. The fourth-order valence-corrected chi connectivity index (χ4v) is 4.18. The number of rotatable bonds is 5. The van der Waals surface area contributed by atoms with Crippen LogP contribution in [0.1, 0.15) is 16.1 Å². The molecule has 1 aliphatic heterocycles. The largest absolute Gasteiger partial charge is 0.488 e. The summed E-state index contributed by atoms with van der Waals surface area (Å²) in [6.45, 7) is 0.302. The van der Waals surface area contributed by atoms with Crippen LogP contribution in [0.2, 0.25) is 0 Å². The lowest BCUT2D eigenvalue weighted by Crippen LogP contribution is -2.13. The van der Waals surface area contributed by atoms with Crippen molar-refractivity contribution in [3.05, 3.63) is 87.8 Å². The Balaban J connectivity index is 1.55. The van der Waals surface area contributed by atoms with Gasteiger partial charge in [0, 0.05) is 35.8 Å². The highest BCUT2D eigenvalue weighted by molar-refractivity contribution is 7.12. The molecule has 0 aliphatic carbocycles. The number of nitrogens with one attached hydrogen (secondary N) is 1. The van der Waals surface area contributed by atoms with E-state index in [1.807, 2.05) is 47.5 Å². The van der Waals surface area contributed by atoms with E-state index in [1.54, 1.807) is 18.3 Å². The molecule has 0 saturated heterocycles. The number of amides is 1. The van der Waals surface area contributed by atoms with Gasteiger partial charge in [0.1, 0.15) is 28.9 Å². The maximum atomic E-state index is 13.2. The molecular weight excluding hydrogens is 415 g/mol. The van der Waals surface area contributed by atoms with Crippen LogP contribution in [-0.4, -0.2) is 21.2 Å². The molecule has 0 radical (unpaired) electrons. The van der Waals surface area contributed by atoms with E-state index >= 15 is 0 Å². The number of thiazole rings is 1. The second-order valence-electron chi connectivity index (χ2n) is 7.06. The average Bonchev–Trinajstić information content (AvgIpc) is 3.49. The fraction of sp³-hybridized carbons (Fsp3) is 0.0870. The van der Waals surface area contributed by atoms with Gasteiger partial charge in [0.25, 0.3) is 5.91 Å². The third-order valence-electron chi connectivity index (χ3n) is 5.02. The predicted octanol–water partition coefficient (Wildman–Crippen LogP) is 4.27. The summed E-state index contributed by atoms with van der Waals surface area (Å²) in [6, 6.07) is 12.0. The van der Waals surface area contributed by atoms with Crippen LogP contribution in [0.25, 0.3) is 17.0 Å². The van der Waals surface area contributed by atoms with Crippen LogP contribution in [-0.2, 0) is 18.4 Å². The SMILES string of the molecule is Cn1cc(/C=C2\C(=O)NN=C2c2nccs2)c2c(OCc3ccc(F)cc3)cccc21. The summed E-state index contributed by atoms with van der Waals surface area (Å²) in [5.74, 6) is 0.127. The van der Waals surface area contributed by atoms with Crippen molar-refractivity contribution in [3.63, 3.8) is 0 Å². The van der Waals surface area contributed by atoms with Gasteiger partial charge in [-0.2, -0.15) is 5.10 Å². The van der Waals surface area contributed by atoms with E-state index in [0.29, 0.717) is 28.6 Å². The molecule has 0 fully saturated rings. The van der Waals surface area contributed by atoms with Crippen molar-refractivity contribution in [1.82, 2.24) is 15.0 Å². The van der Waals surface area contributed by atoms with Crippen LogP contribution in [0.4, 0.5) is 4.39 Å². The van der Waals surface area contributed by atoms with Crippen molar-refractivity contribution in [1.29, 1.82) is 0 Å². The molecule has 0 saturated carbocycles. The number of benzene rings is 2. The summed E-state index contributed by atoms with van der Waals surface area (Å²) in [5.41, 5.74) is 6.18. The Morgan fingerprint density at radius 3 is 2.84 bits per heavy atom. The molecule has 0 spiro atoms. The molecule has 0 unspecified atom stereocenters. The Morgan fingerprint density at radius 1 is 1.23 bits per heavy atom. The van der Waals surface area contributed by atoms with Crippen molar-refractivity contribution in [2.24, 2.45) is 12.1 Å². The molecule has 154 valence electrons. The van der Waals surface area contributed by atoms with Gasteiger partial charge in [-0.05, 0) is 35.9 Å². The van der Waals surface area contributed by atoms with E-state index in [4.69, 9.17) is 4.74 Å². The molecule has 1 aliphatic rings. The smallest absolute Gasteiger partial charge is 0.273 e. The number of fused-ring (bicyclic) bond motifs is 1. The van der Waals surface area contributed by atoms with Crippen LogP contribution in [0.15, 0.2) is 70.9 Å². The van der Waals surface area contributed by atoms with Crippen LogP contribution >= 0.6 is 11.3 Å². The third-order valence-corrected chi connectivity index (χ3v) is 5.80. The molecule has 5 rings (SSSR count). The quantitative estimate of drug-likeness (QED) is 0.479. The minimum absolute atomic E-state index is 0.271. The maximum absolute atomic E-state index is 13.2. The average molecular weight is 432 g/mol. The number of hydrogen-bond acceptors (Lipinski definition) is 5. The highest BCUT2D eigenvalue weighted by atomic mass is 32.1. The van der Waals surface area contributed by atoms with Crippen LogP contribution in [0.5, 0.6) is 5.75 Å². The van der Waals surface area contributed by atoms with Gasteiger partial charge in [0.15, 0.2) is 0 Å². The summed E-state index contributed by atoms with van der Waals surface area (Å²) in [6.07, 6.45) is 5.45. The zero-order valence-corrected chi connectivity index (χ0v) is 17.3. The molecule has 3 heterocycles. The number of hydrogen-bond donors (Lipinski definition) is 1. The molecule has 1 amide bonds. The molecule has 0 atom stereocenters. The third kappa shape index (κ3) is 3.62. The minimum Gasteiger partial charge on any atom is -0.488 e. The standard InChI is InChI=1S/C23H17FN4O2S/c1-28-12-15(11-17-21(26-27-22(17)29)23-25-9-10-31-23)20-18(28)3-2-4-19(20)30-13-14-5-7-16(24)8-6-14/h2-12H,13H2,1H3,(H,27,29)/b17-11-. The first kappa shape index (κ1) is 19.2.